The topological polar surface area (TPSA) is 80.4 Å². The molecule has 0 aliphatic rings. The summed E-state index contributed by atoms with van der Waals surface area (Å²) in [6, 6.07) is 0. The van der Waals surface area contributed by atoms with E-state index >= 15 is 0 Å². The van der Waals surface area contributed by atoms with E-state index in [1.165, 1.54) is 0 Å². The van der Waals surface area contributed by atoms with Gasteiger partial charge in [0.25, 0.3) is 0 Å². The summed E-state index contributed by atoms with van der Waals surface area (Å²) in [4.78, 5) is 19.9. The van der Waals surface area contributed by atoms with Crippen molar-refractivity contribution >= 4 is 5.97 Å². The summed E-state index contributed by atoms with van der Waals surface area (Å²) in [5, 5.41) is 18.4. The third-order valence-corrected chi connectivity index (χ3v) is 2.23. The van der Waals surface area contributed by atoms with Gasteiger partial charge in [-0.15, -0.1) is 0 Å². The Bertz CT molecular complexity index is 174. The van der Waals surface area contributed by atoms with Crippen LogP contribution in [0.2, 0.25) is 0 Å². The molecule has 0 saturated heterocycles. The fraction of sp³-hybridized carbons (Fsp3) is 0.900. The summed E-state index contributed by atoms with van der Waals surface area (Å²) < 4.78 is 0. The molecule has 0 radical (unpaired) electrons. The van der Waals surface area contributed by atoms with Crippen LogP contribution < -0.4 is 0 Å². The molecule has 0 rings (SSSR count). The Morgan fingerprint density at radius 2 is 1.47 bits per heavy atom. The van der Waals surface area contributed by atoms with Gasteiger partial charge in [-0.1, -0.05) is 25.7 Å². The SMILES string of the molecule is O=C(O)CCCCCCCCC[N+](=O)[O-]. The van der Waals surface area contributed by atoms with Crippen molar-refractivity contribution in [2.24, 2.45) is 0 Å². The van der Waals surface area contributed by atoms with E-state index in [4.69, 9.17) is 5.11 Å². The predicted molar refractivity (Wildman–Crippen MR) is 56.4 cm³/mol. The lowest BCUT2D eigenvalue weighted by atomic mass is 10.1. The lowest BCUT2D eigenvalue weighted by Crippen LogP contribution is -1.99. The van der Waals surface area contributed by atoms with Gasteiger partial charge in [0.1, 0.15) is 0 Å². The van der Waals surface area contributed by atoms with E-state index < -0.39 is 5.97 Å². The number of hydrogen-bond donors (Lipinski definition) is 1. The van der Waals surface area contributed by atoms with Gasteiger partial charge in [0.2, 0.25) is 6.54 Å². The molecule has 5 heteroatoms. The van der Waals surface area contributed by atoms with E-state index in [2.05, 4.69) is 0 Å². The van der Waals surface area contributed by atoms with Gasteiger partial charge in [-0.3, -0.25) is 14.9 Å². The first-order valence-corrected chi connectivity index (χ1v) is 5.46. The van der Waals surface area contributed by atoms with Gasteiger partial charge in [-0.25, -0.2) is 0 Å². The fourth-order valence-corrected chi connectivity index (χ4v) is 1.40. The lowest BCUT2D eigenvalue weighted by Gasteiger charge is -1.99. The van der Waals surface area contributed by atoms with E-state index in [9.17, 15) is 14.9 Å². The summed E-state index contributed by atoms with van der Waals surface area (Å²) in [6.07, 6.45) is 6.60. The van der Waals surface area contributed by atoms with Crippen LogP contribution >= 0.6 is 0 Å². The molecule has 0 aliphatic carbocycles. The minimum Gasteiger partial charge on any atom is -0.481 e. The fourth-order valence-electron chi connectivity index (χ4n) is 1.40. The Balaban J connectivity index is 2.99. The summed E-state index contributed by atoms with van der Waals surface area (Å²) in [6.45, 7) is 0.0685. The molecule has 0 aliphatic heterocycles. The molecule has 15 heavy (non-hydrogen) atoms. The lowest BCUT2D eigenvalue weighted by molar-refractivity contribution is -0.480. The number of carbonyl (C=O) groups is 1. The van der Waals surface area contributed by atoms with E-state index in [1.807, 2.05) is 0 Å². The number of nitrogens with zero attached hydrogens (tertiary/aromatic N) is 1. The van der Waals surface area contributed by atoms with Crippen LogP contribution in [0.4, 0.5) is 0 Å². The Kier molecular flexibility index (Phi) is 8.72. The average Bonchev–Trinajstić information content (AvgIpc) is 2.14. The molecule has 88 valence electrons. The molecule has 0 heterocycles. The molecule has 0 saturated carbocycles. The van der Waals surface area contributed by atoms with Gasteiger partial charge in [-0.05, 0) is 12.8 Å². The smallest absolute Gasteiger partial charge is 0.303 e. The van der Waals surface area contributed by atoms with Crippen LogP contribution in [0.5, 0.6) is 0 Å². The van der Waals surface area contributed by atoms with Crippen LogP contribution in [0.15, 0.2) is 0 Å². The number of carboxylic acid groups (broad SMARTS) is 1. The zero-order valence-corrected chi connectivity index (χ0v) is 8.98. The van der Waals surface area contributed by atoms with Gasteiger partial charge in [0.05, 0.1) is 0 Å². The quantitative estimate of drug-likeness (QED) is 0.346. The summed E-state index contributed by atoms with van der Waals surface area (Å²) in [5.41, 5.74) is 0. The van der Waals surface area contributed by atoms with Gasteiger partial charge < -0.3 is 5.11 Å². The summed E-state index contributed by atoms with van der Waals surface area (Å²) in [7, 11) is 0. The number of hydrogen-bond acceptors (Lipinski definition) is 3. The van der Waals surface area contributed by atoms with Crippen molar-refractivity contribution in [3.05, 3.63) is 10.1 Å². The van der Waals surface area contributed by atoms with Crippen LogP contribution in [0, 0.1) is 10.1 Å². The van der Waals surface area contributed by atoms with Gasteiger partial charge in [-0.2, -0.15) is 0 Å². The first-order chi connectivity index (χ1) is 7.13. The highest BCUT2D eigenvalue weighted by molar-refractivity contribution is 5.66. The van der Waals surface area contributed by atoms with E-state index in [0.29, 0.717) is 6.42 Å². The Morgan fingerprint density at radius 3 is 1.93 bits per heavy atom. The van der Waals surface area contributed by atoms with Crippen LogP contribution in [0.25, 0.3) is 0 Å². The van der Waals surface area contributed by atoms with Crippen LogP contribution in [0.3, 0.4) is 0 Å². The van der Waals surface area contributed by atoms with Gasteiger partial charge in [0.15, 0.2) is 0 Å². The maximum Gasteiger partial charge on any atom is 0.303 e. The molecule has 0 unspecified atom stereocenters. The highest BCUT2D eigenvalue weighted by atomic mass is 16.6. The van der Waals surface area contributed by atoms with Gasteiger partial charge in [0, 0.05) is 17.8 Å². The third-order valence-electron chi connectivity index (χ3n) is 2.23. The molecule has 5 nitrogen and oxygen atoms in total. The third kappa shape index (κ3) is 12.9. The Labute approximate surface area is 89.6 Å². The number of unbranched alkanes of at least 4 members (excludes halogenated alkanes) is 6. The minimum atomic E-state index is -0.735. The second-order valence-electron chi connectivity index (χ2n) is 3.67. The van der Waals surface area contributed by atoms with Crippen molar-refractivity contribution in [3.63, 3.8) is 0 Å². The molecular weight excluding hydrogens is 198 g/mol. The minimum absolute atomic E-state index is 0.0685. The molecule has 1 N–H and O–H groups in total. The van der Waals surface area contributed by atoms with Crippen LogP contribution in [-0.2, 0) is 4.79 Å². The molecule has 0 fully saturated rings. The molecule has 0 spiro atoms. The second kappa shape index (κ2) is 9.43. The number of rotatable bonds is 10. The van der Waals surface area contributed by atoms with Crippen molar-refractivity contribution < 1.29 is 14.8 Å². The first kappa shape index (κ1) is 13.9. The summed E-state index contributed by atoms with van der Waals surface area (Å²) in [5.74, 6) is -0.735. The zero-order chi connectivity index (χ0) is 11.5. The van der Waals surface area contributed by atoms with Gasteiger partial charge >= 0.3 is 5.97 Å². The molecule has 0 aromatic rings. The average molecular weight is 217 g/mol. The van der Waals surface area contributed by atoms with E-state index in [-0.39, 0.29) is 17.9 Å². The van der Waals surface area contributed by atoms with Crippen molar-refractivity contribution in [1.82, 2.24) is 0 Å². The van der Waals surface area contributed by atoms with E-state index in [0.717, 1.165) is 38.5 Å². The maximum absolute atomic E-state index is 10.2. The van der Waals surface area contributed by atoms with E-state index in [1.54, 1.807) is 0 Å². The number of carboxylic acids is 1. The second-order valence-corrected chi connectivity index (χ2v) is 3.67. The molecule has 0 aromatic heterocycles. The Hall–Kier alpha value is -1.13. The van der Waals surface area contributed by atoms with Crippen molar-refractivity contribution in [3.8, 4) is 0 Å². The largest absolute Gasteiger partial charge is 0.481 e. The number of nitro groups is 1. The molecule has 0 bridgehead atoms. The molecule has 0 aromatic carbocycles. The monoisotopic (exact) mass is 217 g/mol. The summed E-state index contributed by atoms with van der Waals surface area (Å²) >= 11 is 0. The highest BCUT2D eigenvalue weighted by Gasteiger charge is 1.98. The number of aliphatic carboxylic acids is 1. The van der Waals surface area contributed by atoms with Crippen molar-refractivity contribution in [2.75, 3.05) is 6.54 Å². The maximum atomic E-state index is 10.2. The predicted octanol–water partition coefficient (Wildman–Crippen LogP) is 2.47. The van der Waals surface area contributed by atoms with Crippen molar-refractivity contribution in [1.29, 1.82) is 0 Å². The zero-order valence-electron chi connectivity index (χ0n) is 8.98. The Morgan fingerprint density at radius 1 is 1.00 bits per heavy atom. The molecular formula is C10H19NO4. The van der Waals surface area contributed by atoms with Crippen LogP contribution in [-0.4, -0.2) is 22.5 Å². The highest BCUT2D eigenvalue weighted by Crippen LogP contribution is 2.08. The first-order valence-electron chi connectivity index (χ1n) is 5.46. The van der Waals surface area contributed by atoms with Crippen LogP contribution in [0.1, 0.15) is 51.4 Å². The molecule has 0 atom stereocenters. The van der Waals surface area contributed by atoms with Crippen molar-refractivity contribution in [2.45, 2.75) is 51.4 Å². The normalized spacial score (nSPS) is 10.1. The standard InChI is InChI=1S/C10H19NO4/c12-10(13)8-6-4-2-1-3-5-7-9-11(14)15/h1-9H2,(H,12,13). The molecule has 0 amide bonds.